The second-order valence-corrected chi connectivity index (χ2v) is 4.56. The van der Waals surface area contributed by atoms with Gasteiger partial charge >= 0.3 is 5.69 Å². The van der Waals surface area contributed by atoms with Crippen LogP contribution in [0.25, 0.3) is 10.4 Å². The van der Waals surface area contributed by atoms with Crippen LogP contribution in [-0.2, 0) is 11.2 Å². The van der Waals surface area contributed by atoms with Gasteiger partial charge in [-0.1, -0.05) is 12.0 Å². The largest absolute Gasteiger partial charge is 0.394 e. The van der Waals surface area contributed by atoms with Crippen LogP contribution in [-0.4, -0.2) is 39.6 Å². The van der Waals surface area contributed by atoms with E-state index in [0.717, 1.165) is 4.57 Å². The normalized spacial score (nSPS) is 28.3. The second-order valence-electron chi connectivity index (χ2n) is 4.56. The van der Waals surface area contributed by atoms with E-state index in [0.29, 0.717) is 6.42 Å². The minimum atomic E-state index is -1.81. The van der Waals surface area contributed by atoms with Gasteiger partial charge in [-0.25, -0.2) is 9.18 Å². The number of hydrogen-bond acceptors (Lipinski definition) is 5. The summed E-state index contributed by atoms with van der Waals surface area (Å²) in [5.41, 5.74) is 7.34. The van der Waals surface area contributed by atoms with Crippen molar-refractivity contribution >= 4 is 0 Å². The Morgan fingerprint density at radius 2 is 2.33 bits per heavy atom. The highest BCUT2D eigenvalue weighted by molar-refractivity contribution is 5.06. The van der Waals surface area contributed by atoms with Crippen LogP contribution in [0.1, 0.15) is 18.7 Å². The average molecular weight is 299 g/mol. The summed E-state index contributed by atoms with van der Waals surface area (Å²) in [5, 5.41) is 12.4. The minimum absolute atomic E-state index is 0.290. The zero-order valence-electron chi connectivity index (χ0n) is 11.1. The maximum absolute atomic E-state index is 14.3. The fourth-order valence-electron chi connectivity index (χ4n) is 2.24. The first kappa shape index (κ1) is 15.2. The topological polar surface area (TPSA) is 133 Å². The molecule has 10 heteroatoms. The van der Waals surface area contributed by atoms with E-state index >= 15 is 0 Å². The van der Waals surface area contributed by atoms with Gasteiger partial charge in [0.2, 0.25) is 0 Å². The number of aryl methyl sites for hydroxylation is 1. The van der Waals surface area contributed by atoms with E-state index in [2.05, 4.69) is 15.0 Å². The number of alkyl halides is 1. The molecule has 1 aromatic rings. The van der Waals surface area contributed by atoms with Crippen molar-refractivity contribution in [3.63, 3.8) is 0 Å². The number of H-pyrrole nitrogens is 1. The minimum Gasteiger partial charge on any atom is -0.394 e. The van der Waals surface area contributed by atoms with Gasteiger partial charge in [0, 0.05) is 16.7 Å². The first-order valence-electron chi connectivity index (χ1n) is 6.32. The Bertz CT molecular complexity index is 680. The summed E-state index contributed by atoms with van der Waals surface area (Å²) >= 11 is 0. The predicted molar refractivity (Wildman–Crippen MR) is 69.5 cm³/mol. The zero-order chi connectivity index (χ0) is 15.6. The second kappa shape index (κ2) is 6.08. The highest BCUT2D eigenvalue weighted by Crippen LogP contribution is 2.32. The molecule has 1 aromatic heterocycles. The quantitative estimate of drug-likeness (QED) is 0.460. The molecule has 0 aromatic carbocycles. The summed E-state index contributed by atoms with van der Waals surface area (Å²) in [7, 11) is 0. The fourth-order valence-corrected chi connectivity index (χ4v) is 2.24. The lowest BCUT2D eigenvalue weighted by molar-refractivity contribution is -0.0404. The average Bonchev–Trinajstić information content (AvgIpc) is 2.77. The molecule has 1 unspecified atom stereocenters. The van der Waals surface area contributed by atoms with Crippen LogP contribution >= 0.6 is 0 Å². The van der Waals surface area contributed by atoms with Crippen molar-refractivity contribution in [3.05, 3.63) is 43.0 Å². The predicted octanol–water partition coefficient (Wildman–Crippen LogP) is 0.00570. The lowest BCUT2D eigenvalue weighted by Gasteiger charge is -2.16. The lowest BCUT2D eigenvalue weighted by atomic mass is 10.1. The molecule has 4 atom stereocenters. The maximum Gasteiger partial charge on any atom is 0.330 e. The van der Waals surface area contributed by atoms with E-state index in [1.165, 1.54) is 6.20 Å². The number of hydrogen-bond donors (Lipinski definition) is 2. The molecule has 21 heavy (non-hydrogen) atoms. The van der Waals surface area contributed by atoms with E-state index in [9.17, 15) is 14.0 Å². The molecule has 0 radical (unpaired) electrons. The van der Waals surface area contributed by atoms with Gasteiger partial charge in [-0.05, 0) is 12.0 Å². The van der Waals surface area contributed by atoms with Crippen molar-refractivity contribution < 1.29 is 14.2 Å². The van der Waals surface area contributed by atoms with Crippen LogP contribution in [0, 0.1) is 0 Å². The summed E-state index contributed by atoms with van der Waals surface area (Å²) in [5.74, 6) is 0. The van der Waals surface area contributed by atoms with Gasteiger partial charge in [0.1, 0.15) is 6.04 Å². The highest BCUT2D eigenvalue weighted by Gasteiger charge is 2.45. The van der Waals surface area contributed by atoms with Crippen molar-refractivity contribution in [2.45, 2.75) is 37.9 Å². The summed E-state index contributed by atoms with van der Waals surface area (Å²) < 4.78 is 20.5. The van der Waals surface area contributed by atoms with Gasteiger partial charge in [0.25, 0.3) is 5.56 Å². The number of aromatic nitrogens is 2. The molecule has 2 N–H and O–H groups in total. The number of aliphatic hydroxyl groups is 1. The third-order valence-electron chi connectivity index (χ3n) is 3.36. The number of aromatic amines is 1. The molecule has 0 saturated carbocycles. The summed E-state index contributed by atoms with van der Waals surface area (Å²) in [6.45, 7) is 1.15. The van der Waals surface area contributed by atoms with Gasteiger partial charge in [0.15, 0.2) is 12.4 Å². The molecule has 0 aliphatic carbocycles. The van der Waals surface area contributed by atoms with Gasteiger partial charge in [-0.3, -0.25) is 14.3 Å². The molecule has 1 fully saturated rings. The Labute approximate surface area is 117 Å². The molecule has 0 bridgehead atoms. The maximum atomic E-state index is 14.3. The Balaban J connectivity index is 2.45. The van der Waals surface area contributed by atoms with Crippen LogP contribution in [0.3, 0.4) is 0 Å². The van der Waals surface area contributed by atoms with Crippen LogP contribution < -0.4 is 11.2 Å². The van der Waals surface area contributed by atoms with E-state index in [-0.39, 0.29) is 5.56 Å². The lowest BCUT2D eigenvalue weighted by Crippen LogP contribution is -2.37. The summed E-state index contributed by atoms with van der Waals surface area (Å²) in [6.07, 6.45) is -2.67. The van der Waals surface area contributed by atoms with Crippen LogP contribution in [0.2, 0.25) is 0 Å². The first-order valence-corrected chi connectivity index (χ1v) is 6.32. The molecular weight excluding hydrogens is 285 g/mol. The monoisotopic (exact) mass is 299 g/mol. The van der Waals surface area contributed by atoms with Crippen LogP contribution in [0.15, 0.2) is 20.9 Å². The van der Waals surface area contributed by atoms with Crippen molar-refractivity contribution in [2.24, 2.45) is 5.11 Å². The molecule has 2 heterocycles. The van der Waals surface area contributed by atoms with E-state index in [1.54, 1.807) is 6.92 Å². The smallest absolute Gasteiger partial charge is 0.330 e. The Morgan fingerprint density at radius 3 is 2.90 bits per heavy atom. The Morgan fingerprint density at radius 1 is 1.62 bits per heavy atom. The first-order chi connectivity index (χ1) is 10.0. The zero-order valence-corrected chi connectivity index (χ0v) is 11.1. The third kappa shape index (κ3) is 2.68. The van der Waals surface area contributed by atoms with Crippen LogP contribution in [0.4, 0.5) is 4.39 Å². The number of halogens is 1. The SMILES string of the molecule is CCc1cn([C@@H]2O[C@H](CO)C(N=[N+]=[N-])[C@@H]2F)c(=O)[nH]c1=O. The third-order valence-corrected chi connectivity index (χ3v) is 3.36. The Kier molecular flexibility index (Phi) is 4.41. The fraction of sp³-hybridized carbons (Fsp3) is 0.636. The van der Waals surface area contributed by atoms with Crippen LogP contribution in [0.5, 0.6) is 0 Å². The number of nitrogens with one attached hydrogen (secondary N) is 1. The Hall–Kier alpha value is -2.16. The molecule has 0 spiro atoms. The van der Waals surface area contributed by atoms with Gasteiger partial charge in [0.05, 0.1) is 12.7 Å². The van der Waals surface area contributed by atoms with E-state index in [1.807, 2.05) is 0 Å². The summed E-state index contributed by atoms with van der Waals surface area (Å²) in [4.78, 5) is 27.9. The number of aliphatic hydroxyl groups excluding tert-OH is 1. The standard InChI is InChI=1S/C11H14FN5O4/c1-2-5-3-17(11(20)14-9(5)19)10-7(12)8(15-16-13)6(4-18)21-10/h3,6-8,10,18H,2,4H2,1H3,(H,14,19,20)/t6-,7+,8?,10-/m1/s1. The number of nitrogens with zero attached hydrogens (tertiary/aromatic N) is 4. The van der Waals surface area contributed by atoms with Gasteiger partial charge < -0.3 is 9.84 Å². The van der Waals surface area contributed by atoms with Crippen molar-refractivity contribution in [1.82, 2.24) is 9.55 Å². The molecule has 0 amide bonds. The molecule has 2 rings (SSSR count). The number of rotatable bonds is 4. The molecule has 1 aliphatic rings. The molecule has 9 nitrogen and oxygen atoms in total. The van der Waals surface area contributed by atoms with Gasteiger partial charge in [-0.15, -0.1) is 0 Å². The van der Waals surface area contributed by atoms with Crippen molar-refractivity contribution in [2.75, 3.05) is 6.61 Å². The molecular formula is C11H14FN5O4. The van der Waals surface area contributed by atoms with Crippen molar-refractivity contribution in [1.29, 1.82) is 0 Å². The molecule has 114 valence electrons. The van der Waals surface area contributed by atoms with E-state index < -0.39 is 42.4 Å². The number of ether oxygens (including phenoxy) is 1. The molecule has 1 saturated heterocycles. The number of azide groups is 1. The summed E-state index contributed by atoms with van der Waals surface area (Å²) in [6, 6.07) is -1.24. The van der Waals surface area contributed by atoms with E-state index in [4.69, 9.17) is 15.4 Å². The highest BCUT2D eigenvalue weighted by atomic mass is 19.1. The molecule has 1 aliphatic heterocycles. The van der Waals surface area contributed by atoms with Crippen molar-refractivity contribution in [3.8, 4) is 0 Å². The van der Waals surface area contributed by atoms with Gasteiger partial charge in [-0.2, -0.15) is 0 Å².